The summed E-state index contributed by atoms with van der Waals surface area (Å²) in [5, 5.41) is 9.30. The summed E-state index contributed by atoms with van der Waals surface area (Å²) in [6.45, 7) is 6.04. The molecule has 0 bridgehead atoms. The van der Waals surface area contributed by atoms with E-state index in [1.54, 1.807) is 0 Å². The maximum atomic E-state index is 9.30. The highest BCUT2D eigenvalue weighted by molar-refractivity contribution is 5.61. The molecule has 2 atom stereocenters. The van der Waals surface area contributed by atoms with Crippen LogP contribution in [0.25, 0.3) is 0 Å². The Morgan fingerprint density at radius 3 is 2.83 bits per heavy atom. The molecule has 2 rings (SSSR count). The number of hydrogen-bond donors (Lipinski definition) is 1. The molecule has 1 aromatic rings. The molecule has 1 aliphatic heterocycles. The van der Waals surface area contributed by atoms with E-state index in [1.165, 1.54) is 12.8 Å². The van der Waals surface area contributed by atoms with E-state index in [2.05, 4.69) is 30.9 Å². The highest BCUT2D eigenvalue weighted by Crippen LogP contribution is 2.30. The van der Waals surface area contributed by atoms with Crippen LogP contribution >= 0.6 is 0 Å². The molecular formula is C15H21N3. The molecule has 0 aromatic heterocycles. The van der Waals surface area contributed by atoms with Crippen molar-refractivity contribution in [3.63, 3.8) is 0 Å². The van der Waals surface area contributed by atoms with Gasteiger partial charge in [0.05, 0.1) is 11.3 Å². The summed E-state index contributed by atoms with van der Waals surface area (Å²) >= 11 is 0. The van der Waals surface area contributed by atoms with Gasteiger partial charge >= 0.3 is 0 Å². The van der Waals surface area contributed by atoms with Crippen LogP contribution in [0, 0.1) is 17.2 Å². The Morgan fingerprint density at radius 2 is 2.17 bits per heavy atom. The minimum Gasteiger partial charge on any atom is -0.367 e. The molecule has 3 nitrogen and oxygen atoms in total. The summed E-state index contributed by atoms with van der Waals surface area (Å²) in [5.74, 6) is 0.696. The van der Waals surface area contributed by atoms with E-state index >= 15 is 0 Å². The predicted octanol–water partition coefficient (Wildman–Crippen LogP) is 2.64. The molecule has 1 aromatic carbocycles. The van der Waals surface area contributed by atoms with Crippen LogP contribution in [-0.2, 0) is 6.54 Å². The number of rotatable bonds is 2. The van der Waals surface area contributed by atoms with E-state index in [0.717, 1.165) is 23.4 Å². The van der Waals surface area contributed by atoms with Crippen LogP contribution in [0.15, 0.2) is 18.2 Å². The number of nitrogens with two attached hydrogens (primary N) is 1. The van der Waals surface area contributed by atoms with Crippen LogP contribution in [0.1, 0.15) is 37.8 Å². The number of hydrogen-bond acceptors (Lipinski definition) is 3. The summed E-state index contributed by atoms with van der Waals surface area (Å²) < 4.78 is 0. The van der Waals surface area contributed by atoms with E-state index < -0.39 is 0 Å². The molecule has 1 saturated heterocycles. The number of anilines is 1. The van der Waals surface area contributed by atoms with E-state index in [1.807, 2.05) is 12.1 Å². The summed E-state index contributed by atoms with van der Waals surface area (Å²) in [6.07, 6.45) is 2.48. The molecular weight excluding hydrogens is 222 g/mol. The zero-order chi connectivity index (χ0) is 13.1. The standard InChI is InChI=1S/C15H21N3/c1-11-3-4-12(2)18(10-11)15-6-5-13(8-16)7-14(15)9-17/h5-7,11-12H,3-4,8,10,16H2,1-2H3. The molecule has 0 saturated carbocycles. The number of piperidine rings is 1. The van der Waals surface area contributed by atoms with Crippen LogP contribution in [0.2, 0.25) is 0 Å². The molecule has 0 radical (unpaired) electrons. The van der Waals surface area contributed by atoms with Crippen molar-refractivity contribution in [1.29, 1.82) is 5.26 Å². The van der Waals surface area contributed by atoms with E-state index in [4.69, 9.17) is 5.73 Å². The molecule has 1 aliphatic rings. The molecule has 96 valence electrons. The third kappa shape index (κ3) is 2.49. The molecule has 0 spiro atoms. The molecule has 1 heterocycles. The fourth-order valence-corrected chi connectivity index (χ4v) is 2.67. The van der Waals surface area contributed by atoms with Crippen LogP contribution in [0.3, 0.4) is 0 Å². The molecule has 3 heteroatoms. The lowest BCUT2D eigenvalue weighted by Gasteiger charge is -2.39. The lowest BCUT2D eigenvalue weighted by molar-refractivity contribution is 0.390. The van der Waals surface area contributed by atoms with Gasteiger partial charge in [0.25, 0.3) is 0 Å². The topological polar surface area (TPSA) is 53.0 Å². The molecule has 2 N–H and O–H groups in total. The fourth-order valence-electron chi connectivity index (χ4n) is 2.67. The van der Waals surface area contributed by atoms with Crippen molar-refractivity contribution in [2.45, 2.75) is 39.3 Å². The highest BCUT2D eigenvalue weighted by atomic mass is 15.2. The Hall–Kier alpha value is -1.53. The Morgan fingerprint density at radius 1 is 1.39 bits per heavy atom. The van der Waals surface area contributed by atoms with Crippen molar-refractivity contribution >= 4 is 5.69 Å². The van der Waals surface area contributed by atoms with Gasteiger partial charge in [0.15, 0.2) is 0 Å². The fraction of sp³-hybridized carbons (Fsp3) is 0.533. The number of benzene rings is 1. The first-order valence-corrected chi connectivity index (χ1v) is 6.65. The first kappa shape index (κ1) is 12.9. The quantitative estimate of drug-likeness (QED) is 0.868. The van der Waals surface area contributed by atoms with Crippen LogP contribution in [-0.4, -0.2) is 12.6 Å². The van der Waals surface area contributed by atoms with Crippen molar-refractivity contribution in [2.75, 3.05) is 11.4 Å². The third-order valence-electron chi connectivity index (χ3n) is 3.84. The maximum Gasteiger partial charge on any atom is 0.101 e. The summed E-state index contributed by atoms with van der Waals surface area (Å²) in [6, 6.07) is 8.82. The largest absolute Gasteiger partial charge is 0.367 e. The van der Waals surface area contributed by atoms with Gasteiger partial charge in [0.1, 0.15) is 6.07 Å². The molecule has 1 fully saturated rings. The molecule has 0 amide bonds. The lowest BCUT2D eigenvalue weighted by atomic mass is 9.93. The van der Waals surface area contributed by atoms with Gasteiger partial charge in [-0.25, -0.2) is 0 Å². The molecule has 0 aliphatic carbocycles. The summed E-state index contributed by atoms with van der Waals surface area (Å²) in [7, 11) is 0. The Kier molecular flexibility index (Phi) is 3.88. The van der Waals surface area contributed by atoms with Crippen molar-refractivity contribution in [3.05, 3.63) is 29.3 Å². The van der Waals surface area contributed by atoms with Crippen molar-refractivity contribution < 1.29 is 0 Å². The van der Waals surface area contributed by atoms with Crippen molar-refractivity contribution in [2.24, 2.45) is 11.7 Å². The van der Waals surface area contributed by atoms with Gasteiger partial charge < -0.3 is 10.6 Å². The van der Waals surface area contributed by atoms with Crippen molar-refractivity contribution in [1.82, 2.24) is 0 Å². The normalized spacial score (nSPS) is 23.8. The van der Waals surface area contributed by atoms with Crippen LogP contribution < -0.4 is 10.6 Å². The van der Waals surface area contributed by atoms with Gasteiger partial charge in [-0.3, -0.25) is 0 Å². The van der Waals surface area contributed by atoms with Gasteiger partial charge in [-0.15, -0.1) is 0 Å². The lowest BCUT2D eigenvalue weighted by Crippen LogP contribution is -2.41. The second-order valence-electron chi connectivity index (χ2n) is 5.35. The first-order valence-electron chi connectivity index (χ1n) is 6.65. The second kappa shape index (κ2) is 5.41. The average molecular weight is 243 g/mol. The van der Waals surface area contributed by atoms with Crippen molar-refractivity contribution in [3.8, 4) is 6.07 Å². The Bertz CT molecular complexity index is 461. The minimum atomic E-state index is 0.487. The smallest absolute Gasteiger partial charge is 0.101 e. The zero-order valence-corrected chi connectivity index (χ0v) is 11.2. The third-order valence-corrected chi connectivity index (χ3v) is 3.84. The Balaban J connectivity index is 2.34. The summed E-state index contributed by atoms with van der Waals surface area (Å²) in [5.41, 5.74) is 8.46. The predicted molar refractivity (Wildman–Crippen MR) is 74.3 cm³/mol. The van der Waals surface area contributed by atoms with Gasteiger partial charge in [-0.05, 0) is 43.4 Å². The van der Waals surface area contributed by atoms with E-state index in [0.29, 0.717) is 18.5 Å². The van der Waals surface area contributed by atoms with Crippen LogP contribution in [0.4, 0.5) is 5.69 Å². The summed E-state index contributed by atoms with van der Waals surface area (Å²) in [4.78, 5) is 2.37. The monoisotopic (exact) mass is 243 g/mol. The average Bonchev–Trinajstić information content (AvgIpc) is 2.41. The van der Waals surface area contributed by atoms with Crippen LogP contribution in [0.5, 0.6) is 0 Å². The SMILES string of the molecule is CC1CCC(C)N(c2ccc(CN)cc2C#N)C1. The Labute approximate surface area is 109 Å². The zero-order valence-electron chi connectivity index (χ0n) is 11.2. The first-order chi connectivity index (χ1) is 8.65. The highest BCUT2D eigenvalue weighted by Gasteiger charge is 2.24. The number of nitriles is 1. The molecule has 18 heavy (non-hydrogen) atoms. The van der Waals surface area contributed by atoms with Gasteiger partial charge in [-0.1, -0.05) is 13.0 Å². The van der Waals surface area contributed by atoms with E-state index in [-0.39, 0.29) is 0 Å². The van der Waals surface area contributed by atoms with Gasteiger partial charge in [0.2, 0.25) is 0 Å². The number of nitrogens with zero attached hydrogens (tertiary/aromatic N) is 2. The second-order valence-corrected chi connectivity index (χ2v) is 5.35. The van der Waals surface area contributed by atoms with Gasteiger partial charge in [0, 0.05) is 19.1 Å². The molecule has 2 unspecified atom stereocenters. The maximum absolute atomic E-state index is 9.30. The van der Waals surface area contributed by atoms with E-state index in [9.17, 15) is 5.26 Å². The minimum absolute atomic E-state index is 0.487. The van der Waals surface area contributed by atoms with Gasteiger partial charge in [-0.2, -0.15) is 5.26 Å².